The molecule has 3 amide bonds. The topological polar surface area (TPSA) is 53.9 Å². The number of rotatable bonds is 7. The minimum absolute atomic E-state index is 0.212. The van der Waals surface area contributed by atoms with Gasteiger partial charge in [0, 0.05) is 10.6 Å². The molecule has 0 aliphatic carbocycles. The molecule has 5 nitrogen and oxygen atoms in total. The van der Waals surface area contributed by atoms with Gasteiger partial charge in [-0.1, -0.05) is 61.0 Å². The lowest BCUT2D eigenvalue weighted by atomic mass is 9.87. The van der Waals surface area contributed by atoms with Crippen LogP contribution in [-0.4, -0.2) is 30.1 Å². The predicted molar refractivity (Wildman–Crippen MR) is 105 cm³/mol. The molecule has 142 valence electrons. The molecule has 2 N–H and O–H groups in total. The maximum atomic E-state index is 13.3. The predicted octanol–water partition coefficient (Wildman–Crippen LogP) is 2.56. The van der Waals surface area contributed by atoms with Crippen LogP contribution >= 0.6 is 11.6 Å². The van der Waals surface area contributed by atoms with Crippen molar-refractivity contribution in [1.29, 1.82) is 0 Å². The van der Waals surface area contributed by atoms with Gasteiger partial charge in [-0.2, -0.15) is 0 Å². The first-order chi connectivity index (χ1) is 13.0. The van der Waals surface area contributed by atoms with Crippen LogP contribution in [0.3, 0.4) is 0 Å². The normalized spacial score (nSPS) is 20.6. The van der Waals surface area contributed by atoms with E-state index in [2.05, 4.69) is 24.4 Å². The second-order valence-electron chi connectivity index (χ2n) is 6.86. The first-order valence-corrected chi connectivity index (χ1v) is 9.65. The van der Waals surface area contributed by atoms with Gasteiger partial charge in [0.25, 0.3) is 5.91 Å². The fourth-order valence-corrected chi connectivity index (χ4v) is 3.75. The maximum Gasteiger partial charge on any atom is 0.329 e. The molecule has 6 heteroatoms. The number of benzene rings is 2. The number of nitrogens with one attached hydrogen (secondary N) is 2. The van der Waals surface area contributed by atoms with E-state index in [1.165, 1.54) is 10.5 Å². The quantitative estimate of drug-likeness (QED) is 0.718. The van der Waals surface area contributed by atoms with Gasteiger partial charge in [0.1, 0.15) is 12.1 Å². The molecular formula is C21H25ClN3O2+. The zero-order valence-corrected chi connectivity index (χ0v) is 16.4. The molecule has 1 fully saturated rings. The lowest BCUT2D eigenvalue weighted by Gasteiger charge is -2.27. The highest BCUT2D eigenvalue weighted by atomic mass is 35.5. The molecule has 1 unspecified atom stereocenters. The van der Waals surface area contributed by atoms with Crippen molar-refractivity contribution in [3.05, 3.63) is 70.7 Å². The number of nitrogens with zero attached hydrogens (tertiary/aromatic N) is 1. The van der Waals surface area contributed by atoms with Gasteiger partial charge in [-0.15, -0.1) is 0 Å². The Kier molecular flexibility index (Phi) is 5.82. The van der Waals surface area contributed by atoms with Gasteiger partial charge in [0.05, 0.1) is 6.54 Å². The van der Waals surface area contributed by atoms with Crippen LogP contribution in [0.1, 0.15) is 31.4 Å². The highest BCUT2D eigenvalue weighted by Gasteiger charge is 2.52. The van der Waals surface area contributed by atoms with Crippen LogP contribution in [0.2, 0.25) is 5.02 Å². The van der Waals surface area contributed by atoms with Gasteiger partial charge in [-0.3, -0.25) is 4.79 Å². The van der Waals surface area contributed by atoms with Crippen molar-refractivity contribution in [1.82, 2.24) is 10.2 Å². The molecule has 1 saturated heterocycles. The van der Waals surface area contributed by atoms with E-state index in [9.17, 15) is 9.59 Å². The van der Waals surface area contributed by atoms with Gasteiger partial charge < -0.3 is 10.2 Å². The average Bonchev–Trinajstić information content (AvgIpc) is 2.93. The van der Waals surface area contributed by atoms with E-state index in [0.29, 0.717) is 18.1 Å². The fourth-order valence-electron chi connectivity index (χ4n) is 3.56. The lowest BCUT2D eigenvalue weighted by Crippen LogP contribution is -3.12. The van der Waals surface area contributed by atoms with Crippen molar-refractivity contribution in [2.75, 3.05) is 13.2 Å². The van der Waals surface area contributed by atoms with E-state index in [1.807, 2.05) is 31.2 Å². The summed E-state index contributed by atoms with van der Waals surface area (Å²) < 4.78 is 0. The minimum Gasteiger partial charge on any atom is -0.319 e. The Balaban J connectivity index is 1.82. The molecule has 1 aliphatic heterocycles. The van der Waals surface area contributed by atoms with Crippen LogP contribution in [0.15, 0.2) is 54.6 Å². The average molecular weight is 387 g/mol. The number of halogens is 1. The Morgan fingerprint density at radius 3 is 2.44 bits per heavy atom. The molecule has 0 radical (unpaired) electrons. The number of amides is 3. The minimum atomic E-state index is -1.05. The molecule has 2 atom stereocenters. The van der Waals surface area contributed by atoms with Gasteiger partial charge >= 0.3 is 6.03 Å². The van der Waals surface area contributed by atoms with Crippen molar-refractivity contribution < 1.29 is 14.5 Å². The van der Waals surface area contributed by atoms with Crippen molar-refractivity contribution in [2.24, 2.45) is 0 Å². The van der Waals surface area contributed by atoms with Crippen LogP contribution in [0.5, 0.6) is 0 Å². The summed E-state index contributed by atoms with van der Waals surface area (Å²) in [6, 6.07) is 16.9. The Labute approximate surface area is 164 Å². The number of quaternary nitrogens is 1. The van der Waals surface area contributed by atoms with E-state index in [1.54, 1.807) is 18.2 Å². The molecule has 2 aromatic rings. The van der Waals surface area contributed by atoms with E-state index < -0.39 is 5.54 Å². The van der Waals surface area contributed by atoms with Crippen LogP contribution in [0.25, 0.3) is 0 Å². The molecule has 0 saturated carbocycles. The number of hydrogen-bond donors (Lipinski definition) is 2. The van der Waals surface area contributed by atoms with Gasteiger partial charge in [-0.05, 0) is 31.0 Å². The number of urea groups is 1. The second kappa shape index (κ2) is 8.11. The molecule has 1 heterocycles. The molecule has 0 spiro atoms. The van der Waals surface area contributed by atoms with Crippen molar-refractivity contribution >= 4 is 23.5 Å². The summed E-state index contributed by atoms with van der Waals surface area (Å²) in [7, 11) is 0. The van der Waals surface area contributed by atoms with Gasteiger partial charge in [-0.25, -0.2) is 9.69 Å². The maximum absolute atomic E-state index is 13.3. The fraction of sp³-hybridized carbons (Fsp3) is 0.333. The number of imide groups is 1. The Bertz CT molecular complexity index is 827. The Hall–Kier alpha value is -2.37. The first-order valence-electron chi connectivity index (χ1n) is 9.27. The van der Waals surface area contributed by atoms with E-state index in [-0.39, 0.29) is 11.9 Å². The Morgan fingerprint density at radius 1 is 1.07 bits per heavy atom. The van der Waals surface area contributed by atoms with Gasteiger partial charge in [0.15, 0.2) is 6.67 Å². The molecular weight excluding hydrogens is 362 g/mol. The van der Waals surface area contributed by atoms with E-state index in [4.69, 9.17) is 11.6 Å². The SMILES string of the molecule is CC[NH+](Cc1ccccc1)CN1C(=O)N[C@@](CC)(c2cccc(Cl)c2)C1=O. The Morgan fingerprint density at radius 2 is 1.81 bits per heavy atom. The first kappa shape index (κ1) is 19.4. The van der Waals surface area contributed by atoms with Crippen molar-refractivity contribution in [2.45, 2.75) is 32.4 Å². The summed E-state index contributed by atoms with van der Waals surface area (Å²) in [5, 5.41) is 3.47. The zero-order chi connectivity index (χ0) is 19.4. The number of carbonyl (C=O) groups excluding carboxylic acids is 2. The van der Waals surface area contributed by atoms with E-state index in [0.717, 1.165) is 23.6 Å². The summed E-state index contributed by atoms with van der Waals surface area (Å²) in [6.07, 6.45) is 0.467. The van der Waals surface area contributed by atoms with Crippen LogP contribution in [-0.2, 0) is 16.9 Å². The standard InChI is InChI=1S/C21H24ClN3O2/c1-3-21(17-11-8-12-18(22)13-17)19(26)25(20(27)23-21)15-24(4-2)14-16-9-6-5-7-10-16/h5-13H,3-4,14-15H2,1-2H3,(H,23,27)/p+1/t21-/m0/s1. The summed E-state index contributed by atoms with van der Waals surface area (Å²) in [5.41, 5.74) is 0.852. The largest absolute Gasteiger partial charge is 0.329 e. The third kappa shape index (κ3) is 3.84. The van der Waals surface area contributed by atoms with Crippen molar-refractivity contribution in [3.63, 3.8) is 0 Å². The smallest absolute Gasteiger partial charge is 0.319 e. The molecule has 2 aromatic carbocycles. The third-order valence-corrected chi connectivity index (χ3v) is 5.44. The van der Waals surface area contributed by atoms with Crippen LogP contribution in [0, 0.1) is 0 Å². The molecule has 1 aliphatic rings. The molecule has 0 aromatic heterocycles. The summed E-state index contributed by atoms with van der Waals surface area (Å²) in [4.78, 5) is 28.4. The highest BCUT2D eigenvalue weighted by Crippen LogP contribution is 2.33. The van der Waals surface area contributed by atoms with Crippen LogP contribution < -0.4 is 10.2 Å². The van der Waals surface area contributed by atoms with Gasteiger partial charge in [0.2, 0.25) is 0 Å². The summed E-state index contributed by atoms with van der Waals surface area (Å²) >= 11 is 6.12. The number of carbonyl (C=O) groups is 2. The van der Waals surface area contributed by atoms with Crippen LogP contribution in [0.4, 0.5) is 4.79 Å². The monoisotopic (exact) mass is 386 g/mol. The summed E-state index contributed by atoms with van der Waals surface area (Å²) in [6.45, 7) is 5.85. The molecule has 3 rings (SSSR count). The number of hydrogen-bond acceptors (Lipinski definition) is 2. The zero-order valence-electron chi connectivity index (χ0n) is 15.7. The highest BCUT2D eigenvalue weighted by molar-refractivity contribution is 6.30. The van der Waals surface area contributed by atoms with Crippen molar-refractivity contribution in [3.8, 4) is 0 Å². The second-order valence-corrected chi connectivity index (χ2v) is 7.29. The molecule has 0 bridgehead atoms. The lowest BCUT2D eigenvalue weighted by molar-refractivity contribution is -0.919. The van der Waals surface area contributed by atoms with E-state index >= 15 is 0 Å². The third-order valence-electron chi connectivity index (χ3n) is 5.20. The summed E-state index contributed by atoms with van der Waals surface area (Å²) in [5.74, 6) is -0.212. The molecule has 27 heavy (non-hydrogen) atoms.